The molecule has 47 heavy (non-hydrogen) atoms. The molecule has 2 aliphatic heterocycles. The number of methoxy groups -OCH3 is 3. The molecule has 3 aliphatic rings. The Morgan fingerprint density at radius 1 is 1.00 bits per heavy atom. The van der Waals surface area contributed by atoms with Crippen molar-refractivity contribution >= 4 is 28.7 Å². The summed E-state index contributed by atoms with van der Waals surface area (Å²) >= 11 is 6.16. The molecule has 4 atom stereocenters. The van der Waals surface area contributed by atoms with Crippen molar-refractivity contribution in [1.29, 1.82) is 0 Å². The molecule has 2 aromatic carbocycles. The summed E-state index contributed by atoms with van der Waals surface area (Å²) in [5.74, 6) is -0.254. The van der Waals surface area contributed by atoms with E-state index >= 15 is 0 Å². The van der Waals surface area contributed by atoms with Crippen LogP contribution < -0.4 is 23.7 Å². The van der Waals surface area contributed by atoms with Gasteiger partial charge in [0.15, 0.2) is 39.6 Å². The Labute approximate surface area is 276 Å². The SMILES string of the molecule is COc1cc([C@@H]2c3cc4c(cc3[C@@H]3OC(C)(C)OC[C@H]3[C@H]2C(=O)OCCCn2cnc3c(Cl)ncnc32)OCO4)cc(OC)c1OC. The van der Waals surface area contributed by atoms with Crippen LogP contribution in [0.3, 0.4) is 0 Å². The third-order valence-electron chi connectivity index (χ3n) is 8.93. The van der Waals surface area contributed by atoms with Crippen LogP contribution in [0.5, 0.6) is 28.7 Å². The second-order valence-electron chi connectivity index (χ2n) is 12.0. The summed E-state index contributed by atoms with van der Waals surface area (Å²) in [6.07, 6.45) is 3.09. The molecule has 0 N–H and O–H groups in total. The van der Waals surface area contributed by atoms with Gasteiger partial charge in [0.2, 0.25) is 12.5 Å². The van der Waals surface area contributed by atoms with Gasteiger partial charge >= 0.3 is 5.97 Å². The van der Waals surface area contributed by atoms with E-state index in [0.29, 0.717) is 52.9 Å². The van der Waals surface area contributed by atoms with Crippen molar-refractivity contribution < 1.29 is 42.7 Å². The molecule has 248 valence electrons. The Morgan fingerprint density at radius 3 is 2.43 bits per heavy atom. The molecule has 0 spiro atoms. The van der Waals surface area contributed by atoms with Crippen LogP contribution in [0.2, 0.25) is 5.15 Å². The van der Waals surface area contributed by atoms with Crippen molar-refractivity contribution in [2.45, 2.75) is 44.6 Å². The molecule has 1 saturated heterocycles. The smallest absolute Gasteiger partial charge is 0.310 e. The summed E-state index contributed by atoms with van der Waals surface area (Å²) in [4.78, 5) is 27.0. The largest absolute Gasteiger partial charge is 0.493 e. The van der Waals surface area contributed by atoms with E-state index in [1.807, 2.05) is 42.7 Å². The van der Waals surface area contributed by atoms with E-state index in [1.165, 1.54) is 6.33 Å². The maximum Gasteiger partial charge on any atom is 0.310 e. The number of halogens is 1. The minimum atomic E-state index is -0.872. The highest BCUT2D eigenvalue weighted by atomic mass is 35.5. The lowest BCUT2D eigenvalue weighted by Crippen LogP contribution is -2.50. The lowest BCUT2D eigenvalue weighted by Gasteiger charge is -2.49. The molecule has 14 heteroatoms. The van der Waals surface area contributed by atoms with Gasteiger partial charge in [0.1, 0.15) is 11.8 Å². The van der Waals surface area contributed by atoms with Crippen LogP contribution in [-0.4, -0.2) is 72.6 Å². The van der Waals surface area contributed by atoms with Gasteiger partial charge in [0.05, 0.1) is 52.9 Å². The number of hydrogen-bond acceptors (Lipinski definition) is 12. The van der Waals surface area contributed by atoms with Crippen LogP contribution in [0.25, 0.3) is 11.2 Å². The highest BCUT2D eigenvalue weighted by Gasteiger charge is 2.53. The molecule has 1 fully saturated rings. The Bertz CT molecular complexity index is 1800. The first-order valence-electron chi connectivity index (χ1n) is 15.3. The van der Waals surface area contributed by atoms with Gasteiger partial charge in [0, 0.05) is 18.4 Å². The second kappa shape index (κ2) is 12.4. The number of rotatable bonds is 9. The van der Waals surface area contributed by atoms with Crippen LogP contribution in [0.1, 0.15) is 49.0 Å². The lowest BCUT2D eigenvalue weighted by atomic mass is 9.64. The lowest BCUT2D eigenvalue weighted by molar-refractivity contribution is -0.304. The van der Waals surface area contributed by atoms with Crippen molar-refractivity contribution in [2.75, 3.05) is 41.3 Å². The molecule has 2 aromatic heterocycles. The van der Waals surface area contributed by atoms with Gasteiger partial charge in [-0.15, -0.1) is 0 Å². The van der Waals surface area contributed by atoms with Gasteiger partial charge in [-0.2, -0.15) is 0 Å². The summed E-state index contributed by atoms with van der Waals surface area (Å²) < 4.78 is 49.2. The van der Waals surface area contributed by atoms with Gasteiger partial charge in [-0.1, -0.05) is 11.6 Å². The first-order chi connectivity index (χ1) is 22.7. The number of ether oxygens (including phenoxy) is 8. The van der Waals surface area contributed by atoms with Crippen molar-refractivity contribution in [3.63, 3.8) is 0 Å². The summed E-state index contributed by atoms with van der Waals surface area (Å²) in [6, 6.07) is 7.62. The van der Waals surface area contributed by atoms with Crippen molar-refractivity contribution in [3.8, 4) is 28.7 Å². The molecular weight excluding hydrogens is 632 g/mol. The number of nitrogens with zero attached hydrogens (tertiary/aromatic N) is 4. The highest BCUT2D eigenvalue weighted by Crippen LogP contribution is 2.57. The zero-order chi connectivity index (χ0) is 32.9. The molecule has 13 nitrogen and oxygen atoms in total. The molecule has 0 radical (unpaired) electrons. The molecule has 0 saturated carbocycles. The topological polar surface area (TPSA) is 135 Å². The fraction of sp³-hybridized carbons (Fsp3) is 0.455. The fourth-order valence-corrected chi connectivity index (χ4v) is 7.00. The number of imidazole rings is 1. The maximum absolute atomic E-state index is 14.4. The second-order valence-corrected chi connectivity index (χ2v) is 12.4. The minimum absolute atomic E-state index is 0.104. The predicted octanol–water partition coefficient (Wildman–Crippen LogP) is 5.07. The third-order valence-corrected chi connectivity index (χ3v) is 9.20. The summed E-state index contributed by atoms with van der Waals surface area (Å²) in [7, 11) is 4.67. The average molecular weight is 667 g/mol. The van der Waals surface area contributed by atoms with E-state index in [2.05, 4.69) is 15.0 Å². The monoisotopic (exact) mass is 666 g/mol. The highest BCUT2D eigenvalue weighted by molar-refractivity contribution is 6.33. The average Bonchev–Trinajstić information content (AvgIpc) is 3.71. The molecule has 0 bridgehead atoms. The number of hydrogen-bond donors (Lipinski definition) is 0. The minimum Gasteiger partial charge on any atom is -0.493 e. The van der Waals surface area contributed by atoms with E-state index in [-0.39, 0.29) is 37.0 Å². The van der Waals surface area contributed by atoms with Gasteiger partial charge < -0.3 is 42.5 Å². The molecule has 7 rings (SSSR count). The molecule has 4 aromatic rings. The molecule has 1 aliphatic carbocycles. The fourth-order valence-electron chi connectivity index (χ4n) is 6.83. The number of carbonyl (C=O) groups is 1. The van der Waals surface area contributed by atoms with Crippen molar-refractivity contribution in [1.82, 2.24) is 19.5 Å². The Morgan fingerprint density at radius 2 is 1.72 bits per heavy atom. The van der Waals surface area contributed by atoms with Crippen LogP contribution in [0, 0.1) is 11.8 Å². The number of fused-ring (bicyclic) bond motifs is 5. The molecule has 4 heterocycles. The van der Waals surface area contributed by atoms with Crippen LogP contribution in [-0.2, 0) is 25.5 Å². The van der Waals surface area contributed by atoms with E-state index < -0.39 is 23.7 Å². The standard InChI is InChI=1S/C33H35ClN4O9/c1-33(2)46-13-20-26(32(39)43-8-6-7-38-15-37-27-30(34)35-14-36-31(27)38)25(17-9-23(40-3)29(42-5)24(10-17)41-4)18-11-21-22(45-16-44-21)12-19(18)28(20)47-33/h9-12,14-15,20,25-26,28H,6-8,13,16H2,1-5H3/t20-,25+,26+,28-/m0/s1. The zero-order valence-corrected chi connectivity index (χ0v) is 27.4. The Hall–Kier alpha value is -4.33. The Kier molecular flexibility index (Phi) is 8.23. The van der Waals surface area contributed by atoms with Gasteiger partial charge in [0.25, 0.3) is 0 Å². The Balaban J connectivity index is 1.26. The first kappa shape index (κ1) is 31.3. The number of aromatic nitrogens is 4. The quantitative estimate of drug-likeness (QED) is 0.134. The van der Waals surface area contributed by atoms with E-state index in [9.17, 15) is 4.79 Å². The number of esters is 1. The van der Waals surface area contributed by atoms with Gasteiger partial charge in [-0.25, -0.2) is 15.0 Å². The normalized spacial score (nSPS) is 22.3. The van der Waals surface area contributed by atoms with Crippen molar-refractivity contribution in [2.24, 2.45) is 11.8 Å². The maximum atomic E-state index is 14.4. The predicted molar refractivity (Wildman–Crippen MR) is 167 cm³/mol. The van der Waals surface area contributed by atoms with Gasteiger partial charge in [-0.3, -0.25) is 4.79 Å². The molecule has 0 unspecified atom stereocenters. The summed E-state index contributed by atoms with van der Waals surface area (Å²) in [6.45, 7) is 4.78. The summed E-state index contributed by atoms with van der Waals surface area (Å²) in [5.41, 5.74) is 3.65. The van der Waals surface area contributed by atoms with Gasteiger partial charge in [-0.05, 0) is 61.2 Å². The van der Waals surface area contributed by atoms with E-state index in [0.717, 1.165) is 16.7 Å². The molecular formula is C33H35ClN4O9. The third kappa shape index (κ3) is 5.55. The number of benzene rings is 2. The summed E-state index contributed by atoms with van der Waals surface area (Å²) in [5, 5.41) is 0.285. The van der Waals surface area contributed by atoms with Crippen LogP contribution >= 0.6 is 11.6 Å². The van der Waals surface area contributed by atoms with E-state index in [4.69, 9.17) is 49.5 Å². The number of carbonyl (C=O) groups excluding carboxylic acids is 1. The molecule has 0 amide bonds. The number of aryl methyl sites for hydroxylation is 1. The first-order valence-corrected chi connectivity index (χ1v) is 15.6. The van der Waals surface area contributed by atoms with Crippen LogP contribution in [0.4, 0.5) is 0 Å². The zero-order valence-electron chi connectivity index (χ0n) is 26.7. The van der Waals surface area contributed by atoms with Crippen LogP contribution in [0.15, 0.2) is 36.9 Å². The van der Waals surface area contributed by atoms with Crippen molar-refractivity contribution in [3.05, 3.63) is 58.8 Å². The van der Waals surface area contributed by atoms with E-state index in [1.54, 1.807) is 27.7 Å².